The molecule has 1 aliphatic heterocycles. The van der Waals surface area contributed by atoms with Gasteiger partial charge in [0.05, 0.1) is 5.56 Å². The summed E-state index contributed by atoms with van der Waals surface area (Å²) in [6.45, 7) is 6.17. The van der Waals surface area contributed by atoms with Gasteiger partial charge in [0.25, 0.3) is 5.91 Å². The molecule has 0 radical (unpaired) electrons. The molecule has 0 spiro atoms. The summed E-state index contributed by atoms with van der Waals surface area (Å²) in [4.78, 5) is 27.3. The topological polar surface area (TPSA) is 61.4 Å². The summed E-state index contributed by atoms with van der Waals surface area (Å²) in [6, 6.07) is 15.3. The van der Waals surface area contributed by atoms with E-state index in [9.17, 15) is 9.59 Å². The van der Waals surface area contributed by atoms with Crippen molar-refractivity contribution in [3.8, 4) is 0 Å². The fraction of sp³-hybridized carbons (Fsp3) is 0.391. The maximum atomic E-state index is 13.0. The van der Waals surface area contributed by atoms with E-state index in [1.807, 2.05) is 42.5 Å². The van der Waals surface area contributed by atoms with Crippen molar-refractivity contribution in [2.75, 3.05) is 23.3 Å². The average Bonchev–Trinajstić information content (AvgIpc) is 2.73. The first-order chi connectivity index (χ1) is 13.9. The van der Waals surface area contributed by atoms with Crippen LogP contribution in [-0.4, -0.2) is 30.3 Å². The van der Waals surface area contributed by atoms with Crippen molar-refractivity contribution in [2.24, 2.45) is 5.92 Å². The van der Waals surface area contributed by atoms with Gasteiger partial charge >= 0.3 is 0 Å². The van der Waals surface area contributed by atoms with Crippen LogP contribution in [0.15, 0.2) is 48.5 Å². The average molecular weight is 414 g/mol. The van der Waals surface area contributed by atoms with E-state index in [-0.39, 0.29) is 11.8 Å². The fourth-order valence-electron chi connectivity index (χ4n) is 3.44. The normalized spacial score (nSPS) is 15.6. The van der Waals surface area contributed by atoms with Crippen molar-refractivity contribution in [3.05, 3.63) is 59.7 Å². The van der Waals surface area contributed by atoms with Crippen LogP contribution >= 0.6 is 11.6 Å². The Labute approximate surface area is 177 Å². The lowest BCUT2D eigenvalue weighted by Crippen LogP contribution is -2.35. The zero-order chi connectivity index (χ0) is 20.8. The Morgan fingerprint density at radius 2 is 1.83 bits per heavy atom. The molecule has 2 N–H and O–H groups in total. The van der Waals surface area contributed by atoms with Crippen LogP contribution in [0.1, 0.15) is 42.6 Å². The highest BCUT2D eigenvalue weighted by molar-refractivity contribution is 6.32. The number of carbonyl (C=O) groups excluding carboxylic acids is 2. The third-order valence-electron chi connectivity index (χ3n) is 5.29. The Bertz CT molecular complexity index is 846. The molecule has 2 aromatic rings. The van der Waals surface area contributed by atoms with E-state index < -0.39 is 5.38 Å². The van der Waals surface area contributed by atoms with Crippen LogP contribution in [0.2, 0.25) is 0 Å². The molecule has 1 saturated heterocycles. The van der Waals surface area contributed by atoms with Gasteiger partial charge in [0.1, 0.15) is 5.38 Å². The lowest BCUT2D eigenvalue weighted by atomic mass is 9.97. The molecule has 1 fully saturated rings. The van der Waals surface area contributed by atoms with Gasteiger partial charge in [-0.05, 0) is 49.4 Å². The quantitative estimate of drug-likeness (QED) is 0.689. The Hall–Kier alpha value is -2.53. The zero-order valence-corrected chi connectivity index (χ0v) is 17.7. The molecule has 154 valence electrons. The number of hydrogen-bond acceptors (Lipinski definition) is 3. The van der Waals surface area contributed by atoms with Crippen molar-refractivity contribution in [2.45, 2.75) is 38.6 Å². The van der Waals surface area contributed by atoms with Gasteiger partial charge in [0.15, 0.2) is 0 Å². The highest BCUT2D eigenvalue weighted by atomic mass is 35.5. The number of amides is 2. The van der Waals surface area contributed by atoms with E-state index in [1.54, 1.807) is 13.0 Å². The minimum absolute atomic E-state index is 0.155. The van der Waals surface area contributed by atoms with E-state index in [0.29, 0.717) is 23.7 Å². The molecule has 3 rings (SSSR count). The second-order valence-corrected chi connectivity index (χ2v) is 8.33. The molecule has 2 amide bonds. The van der Waals surface area contributed by atoms with Gasteiger partial charge < -0.3 is 15.5 Å². The van der Waals surface area contributed by atoms with Gasteiger partial charge in [-0.2, -0.15) is 0 Å². The molecule has 1 aliphatic rings. The molecule has 2 aromatic carbocycles. The molecule has 0 aromatic heterocycles. The van der Waals surface area contributed by atoms with Crippen LogP contribution in [0, 0.1) is 5.92 Å². The van der Waals surface area contributed by atoms with Crippen molar-refractivity contribution in [1.82, 2.24) is 5.32 Å². The van der Waals surface area contributed by atoms with E-state index in [1.165, 1.54) is 0 Å². The number of nitrogens with one attached hydrogen (secondary N) is 2. The van der Waals surface area contributed by atoms with Gasteiger partial charge in [-0.1, -0.05) is 37.3 Å². The Balaban J connectivity index is 1.83. The molecule has 5 nitrogen and oxygen atoms in total. The summed E-state index contributed by atoms with van der Waals surface area (Å²) in [5.74, 6) is 0.254. The highest BCUT2D eigenvalue weighted by Gasteiger charge is 2.22. The maximum absolute atomic E-state index is 13.0. The SMILES string of the molecule is CC1CCN(c2ccc(NC(=O)[C@@H](C)Cl)cc2C(=O)NCc2ccccc2)CC1. The number of rotatable bonds is 6. The highest BCUT2D eigenvalue weighted by Crippen LogP contribution is 2.29. The molecule has 0 aliphatic carbocycles. The summed E-state index contributed by atoms with van der Waals surface area (Å²) in [5, 5.41) is 5.14. The summed E-state index contributed by atoms with van der Waals surface area (Å²) < 4.78 is 0. The van der Waals surface area contributed by atoms with Crippen LogP contribution < -0.4 is 15.5 Å². The molecule has 29 heavy (non-hydrogen) atoms. The smallest absolute Gasteiger partial charge is 0.253 e. The molecule has 1 atom stereocenters. The number of benzene rings is 2. The monoisotopic (exact) mass is 413 g/mol. The van der Waals surface area contributed by atoms with Crippen molar-refractivity contribution in [3.63, 3.8) is 0 Å². The minimum atomic E-state index is -0.645. The van der Waals surface area contributed by atoms with E-state index >= 15 is 0 Å². The van der Waals surface area contributed by atoms with Crippen LogP contribution in [0.3, 0.4) is 0 Å². The summed E-state index contributed by atoms with van der Waals surface area (Å²) in [7, 11) is 0. The van der Waals surface area contributed by atoms with E-state index in [4.69, 9.17) is 11.6 Å². The zero-order valence-electron chi connectivity index (χ0n) is 17.0. The summed E-state index contributed by atoms with van der Waals surface area (Å²) in [5.41, 5.74) is 3.08. The third-order valence-corrected chi connectivity index (χ3v) is 5.49. The van der Waals surface area contributed by atoms with Crippen molar-refractivity contribution in [1.29, 1.82) is 0 Å². The molecule has 0 saturated carbocycles. The van der Waals surface area contributed by atoms with Crippen molar-refractivity contribution >= 4 is 34.8 Å². The first-order valence-electron chi connectivity index (χ1n) is 10.1. The Kier molecular flexibility index (Phi) is 7.15. The third kappa shape index (κ3) is 5.73. The van der Waals surface area contributed by atoms with Crippen LogP contribution in [0.5, 0.6) is 0 Å². The second kappa shape index (κ2) is 9.79. The lowest BCUT2D eigenvalue weighted by molar-refractivity contribution is -0.115. The number of hydrogen-bond donors (Lipinski definition) is 2. The molecular formula is C23H28ClN3O2. The van der Waals surface area contributed by atoms with Crippen LogP contribution in [0.25, 0.3) is 0 Å². The Morgan fingerprint density at radius 3 is 2.48 bits per heavy atom. The first kappa shape index (κ1) is 21.2. The van der Waals surface area contributed by atoms with Crippen molar-refractivity contribution < 1.29 is 9.59 Å². The largest absolute Gasteiger partial charge is 0.371 e. The van der Waals surface area contributed by atoms with Gasteiger partial charge in [-0.15, -0.1) is 11.6 Å². The van der Waals surface area contributed by atoms with Gasteiger partial charge in [-0.3, -0.25) is 9.59 Å². The number of halogens is 1. The predicted octanol–water partition coefficient (Wildman–Crippen LogP) is 4.42. The van der Waals surface area contributed by atoms with E-state index in [0.717, 1.165) is 37.2 Å². The van der Waals surface area contributed by atoms with E-state index in [2.05, 4.69) is 22.5 Å². The predicted molar refractivity (Wildman–Crippen MR) is 119 cm³/mol. The number of alkyl halides is 1. The summed E-state index contributed by atoms with van der Waals surface area (Å²) in [6.07, 6.45) is 2.21. The molecule has 1 heterocycles. The van der Waals surface area contributed by atoms with Crippen LogP contribution in [-0.2, 0) is 11.3 Å². The molecular weight excluding hydrogens is 386 g/mol. The molecule has 0 unspecified atom stereocenters. The maximum Gasteiger partial charge on any atom is 0.253 e. The number of nitrogens with zero attached hydrogens (tertiary/aromatic N) is 1. The number of piperidine rings is 1. The number of anilines is 2. The van der Waals surface area contributed by atoms with Gasteiger partial charge in [-0.25, -0.2) is 0 Å². The molecule has 6 heteroatoms. The van der Waals surface area contributed by atoms with Crippen LogP contribution in [0.4, 0.5) is 11.4 Å². The minimum Gasteiger partial charge on any atom is -0.371 e. The standard InChI is InChI=1S/C23H28ClN3O2/c1-16-10-12-27(13-11-16)21-9-8-19(26-22(28)17(2)24)14-20(21)23(29)25-15-18-6-4-3-5-7-18/h3-9,14,16-17H,10-13,15H2,1-2H3,(H,25,29)(H,26,28)/t17-/m1/s1. The van der Waals surface area contributed by atoms with Gasteiger partial charge in [0, 0.05) is 31.0 Å². The number of carbonyl (C=O) groups is 2. The second-order valence-electron chi connectivity index (χ2n) is 7.68. The first-order valence-corrected chi connectivity index (χ1v) is 10.5. The van der Waals surface area contributed by atoms with Gasteiger partial charge in [0.2, 0.25) is 5.91 Å². The lowest BCUT2D eigenvalue weighted by Gasteiger charge is -2.33. The Morgan fingerprint density at radius 1 is 1.14 bits per heavy atom. The fourth-order valence-corrected chi connectivity index (χ4v) is 3.49. The molecule has 0 bridgehead atoms. The summed E-state index contributed by atoms with van der Waals surface area (Å²) >= 11 is 5.87.